The van der Waals surface area contributed by atoms with Crippen molar-refractivity contribution in [3.05, 3.63) is 148 Å². The molecule has 3 amide bonds. The Morgan fingerprint density at radius 2 is 1.45 bits per heavy atom. The summed E-state index contributed by atoms with van der Waals surface area (Å²) in [5.74, 6) is -2.14. The first-order chi connectivity index (χ1) is 28.2. The quantitative estimate of drug-likeness (QED) is 0.139. The number of benzene rings is 4. The molecule has 0 spiro atoms. The summed E-state index contributed by atoms with van der Waals surface area (Å²) in [7, 11) is 0. The van der Waals surface area contributed by atoms with E-state index >= 15 is 0 Å². The minimum absolute atomic E-state index is 0.0000635. The van der Waals surface area contributed by atoms with Crippen LogP contribution in [0.3, 0.4) is 0 Å². The van der Waals surface area contributed by atoms with Crippen molar-refractivity contribution in [2.24, 2.45) is 5.92 Å². The minimum atomic E-state index is -1.09. The molecule has 1 aliphatic carbocycles. The number of nitrogens with zero attached hydrogens (tertiary/aromatic N) is 4. The molecule has 3 N–H and O–H groups in total. The molecule has 2 aromatic heterocycles. The highest BCUT2D eigenvalue weighted by atomic mass is 16.6. The van der Waals surface area contributed by atoms with Gasteiger partial charge in [0.25, 0.3) is 5.56 Å². The summed E-state index contributed by atoms with van der Waals surface area (Å²) < 4.78 is 13.5. The van der Waals surface area contributed by atoms with E-state index in [1.807, 2.05) is 109 Å². The molecule has 294 valence electrons. The van der Waals surface area contributed by atoms with Crippen LogP contribution in [0.25, 0.3) is 22.3 Å². The van der Waals surface area contributed by atoms with Gasteiger partial charge in [0, 0.05) is 24.8 Å². The number of hydrogen-bond acceptors (Lipinski definition) is 9. The number of anilines is 1. The van der Waals surface area contributed by atoms with Crippen molar-refractivity contribution in [2.45, 2.75) is 44.4 Å². The molecule has 0 radical (unpaired) electrons. The van der Waals surface area contributed by atoms with Crippen LogP contribution in [0.2, 0.25) is 0 Å². The summed E-state index contributed by atoms with van der Waals surface area (Å²) in [6.07, 6.45) is -0.0443. The molecular weight excluding hydrogens is 739 g/mol. The predicted molar refractivity (Wildman–Crippen MR) is 215 cm³/mol. The van der Waals surface area contributed by atoms with Crippen LogP contribution in [0, 0.1) is 5.92 Å². The van der Waals surface area contributed by atoms with Gasteiger partial charge in [0.15, 0.2) is 17.3 Å². The third-order valence-electron chi connectivity index (χ3n) is 10.6. The van der Waals surface area contributed by atoms with E-state index in [1.165, 1.54) is 11.2 Å². The van der Waals surface area contributed by atoms with Crippen LogP contribution in [0.4, 0.5) is 10.7 Å². The van der Waals surface area contributed by atoms with Gasteiger partial charge in [-0.05, 0) is 33.4 Å². The molecule has 2 aliphatic rings. The largest absolute Gasteiger partial charge is 0.451 e. The molecule has 1 fully saturated rings. The van der Waals surface area contributed by atoms with E-state index in [0.29, 0.717) is 0 Å². The molecule has 58 heavy (non-hydrogen) atoms. The molecule has 0 saturated carbocycles. The lowest BCUT2D eigenvalue weighted by atomic mass is 9.98. The van der Waals surface area contributed by atoms with Crippen molar-refractivity contribution < 1.29 is 28.7 Å². The van der Waals surface area contributed by atoms with Crippen molar-refractivity contribution in [3.8, 4) is 11.1 Å². The Morgan fingerprint density at radius 1 is 0.845 bits per heavy atom. The molecule has 8 rings (SSSR count). The van der Waals surface area contributed by atoms with Gasteiger partial charge in [0.05, 0.1) is 12.4 Å². The van der Waals surface area contributed by atoms with Crippen LogP contribution in [-0.4, -0.2) is 74.0 Å². The number of likely N-dealkylation sites (tertiary alicyclic amines) is 1. The lowest BCUT2D eigenvalue weighted by molar-refractivity contribution is -0.156. The first-order valence-corrected chi connectivity index (χ1v) is 19.1. The molecule has 0 unspecified atom stereocenters. The van der Waals surface area contributed by atoms with E-state index in [4.69, 9.17) is 9.47 Å². The van der Waals surface area contributed by atoms with E-state index < -0.39 is 48.3 Å². The van der Waals surface area contributed by atoms with Crippen molar-refractivity contribution in [2.75, 3.05) is 25.0 Å². The molecule has 0 bridgehead atoms. The van der Waals surface area contributed by atoms with Crippen LogP contribution in [-0.2, 0) is 23.9 Å². The Labute approximate surface area is 333 Å². The number of amides is 3. The van der Waals surface area contributed by atoms with E-state index in [1.54, 1.807) is 18.4 Å². The van der Waals surface area contributed by atoms with Gasteiger partial charge in [-0.3, -0.25) is 24.7 Å². The van der Waals surface area contributed by atoms with Crippen molar-refractivity contribution >= 4 is 41.0 Å². The lowest BCUT2D eigenvalue weighted by Crippen LogP contribution is -2.46. The Bertz CT molecular complexity index is 2470. The third kappa shape index (κ3) is 7.55. The number of esters is 1. The topological polar surface area (TPSA) is 178 Å². The summed E-state index contributed by atoms with van der Waals surface area (Å²) >= 11 is 0. The zero-order valence-electron chi connectivity index (χ0n) is 31.8. The van der Waals surface area contributed by atoms with Crippen LogP contribution < -0.4 is 16.2 Å². The van der Waals surface area contributed by atoms with Crippen molar-refractivity contribution in [1.29, 1.82) is 0 Å². The van der Waals surface area contributed by atoms with Gasteiger partial charge in [0.1, 0.15) is 19.2 Å². The van der Waals surface area contributed by atoms with Gasteiger partial charge in [-0.1, -0.05) is 123 Å². The van der Waals surface area contributed by atoms with E-state index in [9.17, 15) is 24.0 Å². The van der Waals surface area contributed by atoms with E-state index in [-0.39, 0.29) is 54.4 Å². The fourth-order valence-electron chi connectivity index (χ4n) is 7.71. The first-order valence-electron chi connectivity index (χ1n) is 19.1. The number of nitrogens with one attached hydrogen (secondary N) is 3. The number of carbonyl (C=O) groups is 4. The monoisotopic (exact) mass is 779 g/mol. The maximum atomic E-state index is 14.3. The molecule has 14 heteroatoms. The van der Waals surface area contributed by atoms with Gasteiger partial charge >= 0.3 is 12.1 Å². The molecular formula is C44H41N7O7. The number of aromatic amines is 1. The Balaban J connectivity index is 1.03. The minimum Gasteiger partial charge on any atom is -0.451 e. The highest BCUT2D eigenvalue weighted by molar-refractivity contribution is 5.91. The number of carbonyl (C=O) groups excluding carboxylic acids is 4. The molecule has 1 aliphatic heterocycles. The number of rotatable bonds is 11. The van der Waals surface area contributed by atoms with Gasteiger partial charge in [-0.2, -0.15) is 4.98 Å². The van der Waals surface area contributed by atoms with Crippen molar-refractivity contribution in [3.63, 3.8) is 0 Å². The summed E-state index contributed by atoms with van der Waals surface area (Å²) in [5.41, 5.74) is 5.40. The highest BCUT2D eigenvalue weighted by Gasteiger charge is 2.43. The second kappa shape index (κ2) is 16.2. The molecule has 1 saturated heterocycles. The first kappa shape index (κ1) is 37.8. The second-order valence-corrected chi connectivity index (χ2v) is 14.7. The van der Waals surface area contributed by atoms with Gasteiger partial charge in [0.2, 0.25) is 17.8 Å². The number of alkyl carbamates (subject to hydrolysis) is 1. The Hall–Kier alpha value is -7.09. The zero-order chi connectivity index (χ0) is 40.3. The fraction of sp³-hybridized carbons (Fsp3) is 0.250. The maximum absolute atomic E-state index is 14.3. The fourth-order valence-corrected chi connectivity index (χ4v) is 7.71. The third-order valence-corrected chi connectivity index (χ3v) is 10.6. The number of fused-ring (bicyclic) bond motifs is 4. The molecule has 2 atom stereocenters. The van der Waals surface area contributed by atoms with Crippen LogP contribution in [0.1, 0.15) is 60.6 Å². The predicted octanol–water partition coefficient (Wildman–Crippen LogP) is 5.73. The summed E-state index contributed by atoms with van der Waals surface area (Å²) in [6.45, 7) is 3.03. The summed E-state index contributed by atoms with van der Waals surface area (Å²) in [4.78, 5) is 79.6. The normalized spacial score (nSPS) is 16.0. The Morgan fingerprint density at radius 3 is 2.07 bits per heavy atom. The van der Waals surface area contributed by atoms with Crippen LogP contribution in [0.15, 0.2) is 120 Å². The van der Waals surface area contributed by atoms with Gasteiger partial charge in [-0.15, -0.1) is 0 Å². The lowest BCUT2D eigenvalue weighted by Gasteiger charge is -2.26. The standard InChI is InChI=1S/C44H41N7O7/c1-26(2)40(53)48-43-47-39-37(41(54)49-43)46-25-51(39)29-21-35(42(55)58-38(27-13-5-3-6-14-27)28-15-7-4-8-16-28)50(23-29)36(52)22-45-44(56)57-24-34-32-19-11-9-17-30(32)31-18-10-12-20-33(31)34/h3-20,25-26,29,34-35,38H,21-24H2,1-2H3,(H,45,56)(H2,47,48,49,53,54)/t29-,35-/m1/s1. The zero-order valence-corrected chi connectivity index (χ0v) is 31.8. The average Bonchev–Trinajstić information content (AvgIpc) is 3.96. The summed E-state index contributed by atoms with van der Waals surface area (Å²) in [5, 5.41) is 5.20. The highest BCUT2D eigenvalue weighted by Crippen LogP contribution is 2.44. The molecule has 14 nitrogen and oxygen atoms in total. The number of hydrogen-bond donors (Lipinski definition) is 3. The second-order valence-electron chi connectivity index (χ2n) is 14.7. The summed E-state index contributed by atoms with van der Waals surface area (Å²) in [6, 6.07) is 32.9. The maximum Gasteiger partial charge on any atom is 0.407 e. The van der Waals surface area contributed by atoms with Gasteiger partial charge < -0.3 is 24.3 Å². The van der Waals surface area contributed by atoms with E-state index in [0.717, 1.165) is 33.4 Å². The molecule has 4 aromatic carbocycles. The number of H-pyrrole nitrogens is 1. The number of aromatic nitrogens is 4. The molecule has 3 heterocycles. The Kier molecular flexibility index (Phi) is 10.5. The van der Waals surface area contributed by atoms with Crippen LogP contribution >= 0.6 is 0 Å². The average molecular weight is 780 g/mol. The smallest absolute Gasteiger partial charge is 0.407 e. The number of ether oxygens (including phenoxy) is 2. The SMILES string of the molecule is CC(C)C(=O)Nc1nc2c(ncn2[C@@H]2C[C@H](C(=O)OC(c3ccccc3)c3ccccc3)N(C(=O)CNC(=O)OCC3c4ccccc4-c4ccccc43)C2)c(=O)[nH]1. The van der Waals surface area contributed by atoms with Crippen molar-refractivity contribution in [1.82, 2.24) is 29.7 Å². The number of imidazole rings is 1. The van der Waals surface area contributed by atoms with E-state index in [2.05, 4.69) is 25.6 Å². The van der Waals surface area contributed by atoms with Crippen LogP contribution in [0.5, 0.6) is 0 Å². The van der Waals surface area contributed by atoms with Gasteiger partial charge in [-0.25, -0.2) is 14.6 Å². The molecule has 6 aromatic rings.